The molecule has 2 aromatic rings. The molecule has 0 saturated heterocycles. The van der Waals surface area contributed by atoms with Crippen LogP contribution < -0.4 is 0 Å². The van der Waals surface area contributed by atoms with Crippen LogP contribution in [0.3, 0.4) is 0 Å². The van der Waals surface area contributed by atoms with Crippen LogP contribution >= 0.6 is 11.8 Å². The van der Waals surface area contributed by atoms with Gasteiger partial charge in [-0.1, -0.05) is 30.7 Å². The lowest BCUT2D eigenvalue weighted by atomic mass is 9.97. The number of aliphatic hydroxyl groups excluding tert-OH is 1. The summed E-state index contributed by atoms with van der Waals surface area (Å²) in [5.74, 6) is 0. The number of fused-ring (bicyclic) bond motifs is 1. The molecule has 1 saturated carbocycles. The van der Waals surface area contributed by atoms with E-state index in [-0.39, 0.29) is 6.10 Å². The van der Waals surface area contributed by atoms with Crippen LogP contribution in [0.15, 0.2) is 35.7 Å². The van der Waals surface area contributed by atoms with Crippen molar-refractivity contribution in [1.29, 1.82) is 0 Å². The van der Waals surface area contributed by atoms with E-state index in [0.29, 0.717) is 5.25 Å². The normalized spacial score (nSPS) is 25.2. The minimum Gasteiger partial charge on any atom is -0.392 e. The third-order valence-corrected chi connectivity index (χ3v) is 4.69. The summed E-state index contributed by atoms with van der Waals surface area (Å²) < 4.78 is 2.09. The van der Waals surface area contributed by atoms with Gasteiger partial charge in [-0.2, -0.15) is 0 Å². The zero-order valence-corrected chi connectivity index (χ0v) is 10.4. The summed E-state index contributed by atoms with van der Waals surface area (Å²) in [6, 6.07) is 6.07. The van der Waals surface area contributed by atoms with Crippen LogP contribution in [-0.4, -0.2) is 25.8 Å². The van der Waals surface area contributed by atoms with E-state index in [1.165, 1.54) is 6.42 Å². The molecule has 2 heterocycles. The Labute approximate surface area is 105 Å². The molecule has 1 fully saturated rings. The maximum Gasteiger partial charge on any atom is 0.172 e. The fourth-order valence-corrected chi connectivity index (χ4v) is 3.60. The molecule has 2 unspecified atom stereocenters. The number of pyridine rings is 1. The first-order valence-electron chi connectivity index (χ1n) is 6.11. The summed E-state index contributed by atoms with van der Waals surface area (Å²) in [7, 11) is 0. The number of rotatable bonds is 2. The number of aromatic nitrogens is 2. The van der Waals surface area contributed by atoms with Crippen LogP contribution in [0.25, 0.3) is 5.52 Å². The van der Waals surface area contributed by atoms with Crippen molar-refractivity contribution in [3.63, 3.8) is 0 Å². The molecule has 4 heteroatoms. The van der Waals surface area contributed by atoms with E-state index in [2.05, 4.69) is 9.38 Å². The highest BCUT2D eigenvalue weighted by molar-refractivity contribution is 7.99. The van der Waals surface area contributed by atoms with Crippen LogP contribution in [0.5, 0.6) is 0 Å². The highest BCUT2D eigenvalue weighted by Gasteiger charge is 2.25. The second-order valence-electron chi connectivity index (χ2n) is 4.54. The van der Waals surface area contributed by atoms with Crippen molar-refractivity contribution < 1.29 is 5.11 Å². The van der Waals surface area contributed by atoms with Crippen LogP contribution in [0.1, 0.15) is 25.7 Å². The van der Waals surface area contributed by atoms with Gasteiger partial charge in [0, 0.05) is 11.4 Å². The molecule has 90 valence electrons. The standard InChI is InChI=1S/C13H16N2OS/c16-11-6-1-2-7-12(11)17-13-14-9-10-5-3-4-8-15(10)13/h3-5,8-9,11-12,16H,1-2,6-7H2. The first-order chi connectivity index (χ1) is 8.34. The highest BCUT2D eigenvalue weighted by atomic mass is 32.2. The molecule has 0 amide bonds. The molecule has 1 aliphatic rings. The van der Waals surface area contributed by atoms with E-state index in [1.54, 1.807) is 11.8 Å². The van der Waals surface area contributed by atoms with Gasteiger partial charge < -0.3 is 5.11 Å². The van der Waals surface area contributed by atoms with Crippen molar-refractivity contribution >= 4 is 17.3 Å². The van der Waals surface area contributed by atoms with Gasteiger partial charge in [-0.05, 0) is 25.0 Å². The molecule has 1 aliphatic carbocycles. The smallest absolute Gasteiger partial charge is 0.172 e. The summed E-state index contributed by atoms with van der Waals surface area (Å²) in [6.07, 6.45) is 8.13. The monoisotopic (exact) mass is 248 g/mol. The van der Waals surface area contributed by atoms with Gasteiger partial charge in [-0.3, -0.25) is 4.40 Å². The first-order valence-corrected chi connectivity index (χ1v) is 6.99. The number of aliphatic hydroxyl groups is 1. The Morgan fingerprint density at radius 3 is 3.06 bits per heavy atom. The van der Waals surface area contributed by atoms with Crippen LogP contribution in [0.2, 0.25) is 0 Å². The molecule has 3 nitrogen and oxygen atoms in total. The number of hydrogen-bond acceptors (Lipinski definition) is 3. The van der Waals surface area contributed by atoms with Gasteiger partial charge in [0.15, 0.2) is 5.16 Å². The molecule has 0 spiro atoms. The predicted molar refractivity (Wildman–Crippen MR) is 69.3 cm³/mol. The first kappa shape index (κ1) is 11.1. The Kier molecular flexibility index (Phi) is 3.07. The molecule has 0 aromatic carbocycles. The van der Waals surface area contributed by atoms with Crippen LogP contribution in [-0.2, 0) is 0 Å². The Morgan fingerprint density at radius 1 is 1.29 bits per heavy atom. The topological polar surface area (TPSA) is 37.5 Å². The second-order valence-corrected chi connectivity index (χ2v) is 5.75. The molecule has 17 heavy (non-hydrogen) atoms. The Morgan fingerprint density at radius 2 is 2.18 bits per heavy atom. The van der Waals surface area contributed by atoms with Gasteiger partial charge in [0.25, 0.3) is 0 Å². The largest absolute Gasteiger partial charge is 0.392 e. The molecule has 0 aliphatic heterocycles. The zero-order chi connectivity index (χ0) is 11.7. The van der Waals surface area contributed by atoms with Gasteiger partial charge in [-0.25, -0.2) is 4.98 Å². The second kappa shape index (κ2) is 4.70. The van der Waals surface area contributed by atoms with Crippen molar-refractivity contribution in [2.24, 2.45) is 0 Å². The Balaban J connectivity index is 1.84. The van der Waals surface area contributed by atoms with Crippen molar-refractivity contribution in [2.75, 3.05) is 0 Å². The summed E-state index contributed by atoms with van der Waals surface area (Å²) >= 11 is 1.71. The lowest BCUT2D eigenvalue weighted by Crippen LogP contribution is -2.26. The van der Waals surface area contributed by atoms with Gasteiger partial charge in [-0.15, -0.1) is 0 Å². The van der Waals surface area contributed by atoms with Crippen molar-refractivity contribution in [1.82, 2.24) is 9.38 Å². The molecular formula is C13H16N2OS. The van der Waals surface area contributed by atoms with E-state index in [0.717, 1.165) is 29.9 Å². The highest BCUT2D eigenvalue weighted by Crippen LogP contribution is 2.33. The van der Waals surface area contributed by atoms with E-state index in [4.69, 9.17) is 0 Å². The quantitative estimate of drug-likeness (QED) is 0.888. The fraction of sp³-hybridized carbons (Fsp3) is 0.462. The lowest BCUT2D eigenvalue weighted by Gasteiger charge is -2.26. The van der Waals surface area contributed by atoms with Gasteiger partial charge in [0.05, 0.1) is 17.8 Å². The third-order valence-electron chi connectivity index (χ3n) is 3.33. The van der Waals surface area contributed by atoms with Gasteiger partial charge in [0.1, 0.15) is 0 Å². The number of hydrogen-bond donors (Lipinski definition) is 1. The van der Waals surface area contributed by atoms with E-state index in [9.17, 15) is 5.11 Å². The van der Waals surface area contributed by atoms with Gasteiger partial charge >= 0.3 is 0 Å². The zero-order valence-electron chi connectivity index (χ0n) is 9.62. The van der Waals surface area contributed by atoms with Crippen LogP contribution in [0.4, 0.5) is 0 Å². The summed E-state index contributed by atoms with van der Waals surface area (Å²) in [6.45, 7) is 0. The minimum absolute atomic E-state index is 0.176. The molecule has 3 rings (SSSR count). The summed E-state index contributed by atoms with van der Waals surface area (Å²) in [4.78, 5) is 4.44. The molecule has 0 radical (unpaired) electrons. The maximum atomic E-state index is 9.98. The van der Waals surface area contributed by atoms with Crippen molar-refractivity contribution in [3.8, 4) is 0 Å². The van der Waals surface area contributed by atoms with Crippen LogP contribution in [0, 0.1) is 0 Å². The molecule has 2 aromatic heterocycles. The fourth-order valence-electron chi connectivity index (χ4n) is 2.36. The summed E-state index contributed by atoms with van der Waals surface area (Å²) in [5.41, 5.74) is 1.11. The average Bonchev–Trinajstić information content (AvgIpc) is 2.76. The lowest BCUT2D eigenvalue weighted by molar-refractivity contribution is 0.137. The van der Waals surface area contributed by atoms with E-state index < -0.39 is 0 Å². The molecular weight excluding hydrogens is 232 g/mol. The Bertz CT molecular complexity index is 511. The van der Waals surface area contributed by atoms with Gasteiger partial charge in [0.2, 0.25) is 0 Å². The Hall–Kier alpha value is -1.00. The van der Waals surface area contributed by atoms with Crippen molar-refractivity contribution in [3.05, 3.63) is 30.6 Å². The number of thioether (sulfide) groups is 1. The van der Waals surface area contributed by atoms with E-state index in [1.807, 2.05) is 30.6 Å². The maximum absolute atomic E-state index is 9.98. The molecule has 1 N–H and O–H groups in total. The number of nitrogens with zero attached hydrogens (tertiary/aromatic N) is 2. The minimum atomic E-state index is -0.176. The van der Waals surface area contributed by atoms with E-state index >= 15 is 0 Å². The third kappa shape index (κ3) is 2.19. The molecule has 0 bridgehead atoms. The SMILES string of the molecule is OC1CCCCC1Sc1ncc2ccccn12. The van der Waals surface area contributed by atoms with Crippen molar-refractivity contribution in [2.45, 2.75) is 42.2 Å². The summed E-state index contributed by atoms with van der Waals surface area (Å²) in [5, 5.41) is 11.3. The number of imidazole rings is 1. The molecule has 2 atom stereocenters. The predicted octanol–water partition coefficient (Wildman–Crippen LogP) is 2.73. The average molecular weight is 248 g/mol.